The highest BCUT2D eigenvalue weighted by molar-refractivity contribution is 6.11. The van der Waals surface area contributed by atoms with Crippen molar-refractivity contribution in [3.05, 3.63) is 34.7 Å². The fourth-order valence-corrected chi connectivity index (χ4v) is 1.41. The average Bonchev–Trinajstić information content (AvgIpc) is 2.50. The molecular formula is C11H10N2O2. The van der Waals surface area contributed by atoms with Crippen LogP contribution in [0.3, 0.4) is 0 Å². The summed E-state index contributed by atoms with van der Waals surface area (Å²) in [6, 6.07) is 7.50. The number of ether oxygens (including phenoxy) is 1. The molecule has 4 heteroatoms. The number of carbonyl (C=O) groups excluding carboxylic acids is 1. The van der Waals surface area contributed by atoms with Crippen LogP contribution in [0.4, 0.5) is 0 Å². The lowest BCUT2D eigenvalue weighted by atomic mass is 10.2. The summed E-state index contributed by atoms with van der Waals surface area (Å²) in [6.45, 7) is 0. The molecule has 1 aromatic carbocycles. The molecular weight excluding hydrogens is 192 g/mol. The fourth-order valence-electron chi connectivity index (χ4n) is 1.41. The third kappa shape index (κ3) is 1.74. The van der Waals surface area contributed by atoms with Crippen molar-refractivity contribution in [2.24, 2.45) is 4.99 Å². The molecule has 0 saturated heterocycles. The largest absolute Gasteiger partial charge is 0.464 e. The van der Waals surface area contributed by atoms with E-state index in [0.29, 0.717) is 5.70 Å². The Morgan fingerprint density at radius 2 is 2.20 bits per heavy atom. The first-order chi connectivity index (χ1) is 7.33. The molecule has 15 heavy (non-hydrogen) atoms. The van der Waals surface area contributed by atoms with Crippen LogP contribution in [0.2, 0.25) is 0 Å². The molecule has 0 amide bonds. The van der Waals surface area contributed by atoms with Gasteiger partial charge in [0.25, 0.3) is 0 Å². The number of methoxy groups -OCH3 is 1. The van der Waals surface area contributed by atoms with Gasteiger partial charge in [0.15, 0.2) is 0 Å². The lowest BCUT2D eigenvalue weighted by molar-refractivity contribution is -0.134. The van der Waals surface area contributed by atoms with Crippen LogP contribution in [0.15, 0.2) is 29.3 Å². The Labute approximate surface area is 86.6 Å². The molecule has 76 valence electrons. The summed E-state index contributed by atoms with van der Waals surface area (Å²) in [5, 5.41) is 4.49. The zero-order valence-electron chi connectivity index (χ0n) is 8.23. The predicted molar refractivity (Wildman–Crippen MR) is 57.2 cm³/mol. The summed E-state index contributed by atoms with van der Waals surface area (Å²) in [5.41, 5.74) is 0.408. The topological polar surface area (TPSA) is 50.7 Å². The summed E-state index contributed by atoms with van der Waals surface area (Å²) in [7, 11) is 1.35. The standard InChI is InChI=1S/C11H10N2O2/c1-15-11(14)10-9-5-3-2-4-8(9)6-12-7-13-10/h2-7H,1H3,(H,12,13). The third-order valence-corrected chi connectivity index (χ3v) is 2.12. The van der Waals surface area contributed by atoms with Crippen molar-refractivity contribution in [1.82, 2.24) is 5.32 Å². The highest BCUT2D eigenvalue weighted by Crippen LogP contribution is 1.91. The van der Waals surface area contributed by atoms with E-state index >= 15 is 0 Å². The first-order valence-electron chi connectivity index (χ1n) is 4.49. The van der Waals surface area contributed by atoms with Gasteiger partial charge in [0, 0.05) is 16.6 Å². The van der Waals surface area contributed by atoms with E-state index in [-0.39, 0.29) is 0 Å². The zero-order valence-corrected chi connectivity index (χ0v) is 8.23. The Morgan fingerprint density at radius 3 is 3.00 bits per heavy atom. The van der Waals surface area contributed by atoms with Crippen molar-refractivity contribution in [1.29, 1.82) is 0 Å². The zero-order chi connectivity index (χ0) is 10.7. The van der Waals surface area contributed by atoms with Gasteiger partial charge in [0.1, 0.15) is 5.70 Å². The minimum absolute atomic E-state index is 0.399. The van der Waals surface area contributed by atoms with E-state index in [1.807, 2.05) is 24.3 Å². The minimum atomic E-state index is -0.399. The molecule has 1 aliphatic rings. The predicted octanol–water partition coefficient (Wildman–Crippen LogP) is -0.663. The molecule has 0 bridgehead atoms. The van der Waals surface area contributed by atoms with Crippen molar-refractivity contribution < 1.29 is 9.53 Å². The molecule has 0 unspecified atom stereocenters. The summed E-state index contributed by atoms with van der Waals surface area (Å²) < 4.78 is 4.69. The SMILES string of the molecule is COC(=O)C1=c2ccccc2=CN=CN1. The number of nitrogens with one attached hydrogen (secondary N) is 1. The van der Waals surface area contributed by atoms with Gasteiger partial charge >= 0.3 is 5.97 Å². The molecule has 0 aliphatic carbocycles. The average molecular weight is 202 g/mol. The lowest BCUT2D eigenvalue weighted by Gasteiger charge is -2.03. The van der Waals surface area contributed by atoms with Gasteiger partial charge in [-0.05, 0) is 0 Å². The molecule has 1 aromatic rings. The smallest absolute Gasteiger partial charge is 0.355 e. The van der Waals surface area contributed by atoms with Crippen LogP contribution in [0.1, 0.15) is 0 Å². The lowest BCUT2D eigenvalue weighted by Crippen LogP contribution is -2.33. The van der Waals surface area contributed by atoms with Crippen LogP contribution < -0.4 is 15.8 Å². The van der Waals surface area contributed by atoms with Crippen LogP contribution in [0, 0.1) is 0 Å². The van der Waals surface area contributed by atoms with Crippen molar-refractivity contribution >= 4 is 24.2 Å². The second kappa shape index (κ2) is 3.96. The molecule has 0 spiro atoms. The molecule has 0 radical (unpaired) electrons. The number of nitrogens with zero attached hydrogens (tertiary/aromatic N) is 1. The number of aliphatic imine (C=N–C) groups is 1. The Balaban J connectivity index is 2.76. The maximum Gasteiger partial charge on any atom is 0.355 e. The van der Waals surface area contributed by atoms with Gasteiger partial charge < -0.3 is 10.1 Å². The van der Waals surface area contributed by atoms with Crippen molar-refractivity contribution in [3.8, 4) is 0 Å². The fraction of sp³-hybridized carbons (Fsp3) is 0.0909. The molecule has 4 nitrogen and oxygen atoms in total. The summed E-state index contributed by atoms with van der Waals surface area (Å²) >= 11 is 0. The van der Waals surface area contributed by atoms with Gasteiger partial charge in [-0.1, -0.05) is 24.3 Å². The highest BCUT2D eigenvalue weighted by atomic mass is 16.5. The maximum absolute atomic E-state index is 11.5. The van der Waals surface area contributed by atoms with Crippen LogP contribution in [-0.4, -0.2) is 19.4 Å². The van der Waals surface area contributed by atoms with Gasteiger partial charge in [-0.15, -0.1) is 0 Å². The number of hydrogen-bond acceptors (Lipinski definition) is 4. The number of benzene rings is 1. The van der Waals surface area contributed by atoms with Gasteiger partial charge in [-0.2, -0.15) is 0 Å². The van der Waals surface area contributed by atoms with E-state index in [4.69, 9.17) is 0 Å². The van der Waals surface area contributed by atoms with Crippen LogP contribution in [0.25, 0.3) is 11.9 Å². The molecule has 0 saturated carbocycles. The van der Waals surface area contributed by atoms with Crippen molar-refractivity contribution in [2.75, 3.05) is 7.11 Å². The Morgan fingerprint density at radius 1 is 1.40 bits per heavy atom. The monoisotopic (exact) mass is 202 g/mol. The highest BCUT2D eigenvalue weighted by Gasteiger charge is 2.10. The van der Waals surface area contributed by atoms with Gasteiger partial charge in [0.05, 0.1) is 13.4 Å². The number of esters is 1. The Hall–Kier alpha value is -2.10. The number of carbonyl (C=O) groups is 1. The third-order valence-electron chi connectivity index (χ3n) is 2.12. The number of rotatable bonds is 1. The molecule has 0 fully saturated rings. The molecule has 1 aliphatic heterocycles. The number of fused-ring (bicyclic) bond motifs is 1. The number of hydrogen-bond donors (Lipinski definition) is 1. The minimum Gasteiger partial charge on any atom is -0.464 e. The van der Waals surface area contributed by atoms with Gasteiger partial charge in [-0.3, -0.25) is 0 Å². The van der Waals surface area contributed by atoms with E-state index in [2.05, 4.69) is 15.0 Å². The second-order valence-corrected chi connectivity index (χ2v) is 3.01. The van der Waals surface area contributed by atoms with Gasteiger partial charge in [0.2, 0.25) is 0 Å². The maximum atomic E-state index is 11.5. The normalized spacial score (nSPS) is 13.3. The summed E-state index contributed by atoms with van der Waals surface area (Å²) in [5.74, 6) is -0.399. The van der Waals surface area contributed by atoms with E-state index in [1.165, 1.54) is 13.4 Å². The molecule has 0 aromatic heterocycles. The first-order valence-corrected chi connectivity index (χ1v) is 4.49. The molecule has 2 rings (SSSR count). The quantitative estimate of drug-likeness (QED) is 0.615. The molecule has 1 N–H and O–H groups in total. The Kier molecular flexibility index (Phi) is 2.49. The van der Waals surface area contributed by atoms with E-state index in [9.17, 15) is 4.79 Å². The molecule has 0 atom stereocenters. The van der Waals surface area contributed by atoms with Crippen molar-refractivity contribution in [3.63, 3.8) is 0 Å². The van der Waals surface area contributed by atoms with Gasteiger partial charge in [-0.25, -0.2) is 9.79 Å². The van der Waals surface area contributed by atoms with Crippen LogP contribution in [-0.2, 0) is 9.53 Å². The van der Waals surface area contributed by atoms with E-state index in [1.54, 1.807) is 6.20 Å². The summed E-state index contributed by atoms with van der Waals surface area (Å²) in [6.07, 6.45) is 3.16. The summed E-state index contributed by atoms with van der Waals surface area (Å²) in [4.78, 5) is 15.5. The Bertz CT molecular complexity index is 532. The van der Waals surface area contributed by atoms with E-state index in [0.717, 1.165) is 10.4 Å². The van der Waals surface area contributed by atoms with Crippen LogP contribution in [0.5, 0.6) is 0 Å². The first kappa shape index (κ1) is 9.45. The second-order valence-electron chi connectivity index (χ2n) is 3.01. The molecule has 1 heterocycles. The van der Waals surface area contributed by atoms with Crippen molar-refractivity contribution in [2.45, 2.75) is 0 Å². The van der Waals surface area contributed by atoms with E-state index < -0.39 is 5.97 Å². The van der Waals surface area contributed by atoms with Crippen LogP contribution >= 0.6 is 0 Å².